The van der Waals surface area contributed by atoms with E-state index in [4.69, 9.17) is 0 Å². The quantitative estimate of drug-likeness (QED) is 0.573. The van der Waals surface area contributed by atoms with Gasteiger partial charge in [0.05, 0.1) is 19.2 Å². The Morgan fingerprint density at radius 1 is 1.07 bits per heavy atom. The smallest absolute Gasteiger partial charge is 0.308 e. The summed E-state index contributed by atoms with van der Waals surface area (Å²) in [5, 5.41) is 5.15. The molecule has 0 radical (unpaired) electrons. The molecule has 142 valence electrons. The Balaban J connectivity index is 2.18. The first kappa shape index (κ1) is 20.0. The van der Waals surface area contributed by atoms with Crippen molar-refractivity contribution in [3.05, 3.63) is 59.7 Å². The highest BCUT2D eigenvalue weighted by Gasteiger charge is 2.23. The van der Waals surface area contributed by atoms with Gasteiger partial charge in [-0.05, 0) is 43.3 Å². The predicted octanol–water partition coefficient (Wildman–Crippen LogP) is 3.15. The van der Waals surface area contributed by atoms with E-state index in [1.807, 2.05) is 0 Å². The van der Waals surface area contributed by atoms with E-state index in [1.165, 1.54) is 14.0 Å². The van der Waals surface area contributed by atoms with Gasteiger partial charge in [-0.3, -0.25) is 14.4 Å². The maximum absolute atomic E-state index is 13.8. The second kappa shape index (κ2) is 8.88. The summed E-state index contributed by atoms with van der Waals surface area (Å²) in [5.41, 5.74) is 0.747. The second-order valence-electron chi connectivity index (χ2n) is 5.72. The zero-order chi connectivity index (χ0) is 20.0. The van der Waals surface area contributed by atoms with Crippen LogP contribution in [-0.4, -0.2) is 30.8 Å². The number of benzene rings is 2. The molecule has 6 nitrogen and oxygen atoms in total. The van der Waals surface area contributed by atoms with E-state index >= 15 is 0 Å². The Hall–Kier alpha value is -3.29. The summed E-state index contributed by atoms with van der Waals surface area (Å²) in [6.07, 6.45) is -0.320. The third-order valence-corrected chi connectivity index (χ3v) is 3.74. The van der Waals surface area contributed by atoms with Gasteiger partial charge in [-0.25, -0.2) is 8.78 Å². The molecule has 2 rings (SSSR count). The van der Waals surface area contributed by atoms with Crippen molar-refractivity contribution in [2.45, 2.75) is 19.4 Å². The van der Waals surface area contributed by atoms with Gasteiger partial charge < -0.3 is 15.4 Å². The first-order valence-corrected chi connectivity index (χ1v) is 8.00. The number of esters is 1. The molecule has 0 aromatic heterocycles. The van der Waals surface area contributed by atoms with Gasteiger partial charge in [-0.1, -0.05) is 0 Å². The van der Waals surface area contributed by atoms with Gasteiger partial charge in [0.25, 0.3) is 0 Å². The molecule has 0 aliphatic rings. The number of amides is 1. The van der Waals surface area contributed by atoms with Crippen molar-refractivity contribution in [1.82, 2.24) is 0 Å². The first-order chi connectivity index (χ1) is 12.8. The average Bonchev–Trinajstić information content (AvgIpc) is 2.63. The second-order valence-corrected chi connectivity index (χ2v) is 5.72. The average molecular weight is 376 g/mol. The van der Waals surface area contributed by atoms with Gasteiger partial charge in [0, 0.05) is 17.3 Å². The third kappa shape index (κ3) is 5.60. The lowest BCUT2D eigenvalue weighted by Gasteiger charge is -2.19. The molecule has 0 aliphatic carbocycles. The van der Waals surface area contributed by atoms with Crippen LogP contribution in [0.3, 0.4) is 0 Å². The molecule has 0 spiro atoms. The van der Waals surface area contributed by atoms with Crippen LogP contribution in [0.15, 0.2) is 42.5 Å². The zero-order valence-corrected chi connectivity index (χ0v) is 14.7. The monoisotopic (exact) mass is 376 g/mol. The molecule has 0 saturated heterocycles. The van der Waals surface area contributed by atoms with Crippen molar-refractivity contribution >= 4 is 29.0 Å². The van der Waals surface area contributed by atoms with Crippen molar-refractivity contribution in [2.75, 3.05) is 17.7 Å². The van der Waals surface area contributed by atoms with Crippen LogP contribution in [-0.2, 0) is 14.3 Å². The summed E-state index contributed by atoms with van der Waals surface area (Å²) in [6, 6.07) is 7.93. The van der Waals surface area contributed by atoms with Gasteiger partial charge in [0.15, 0.2) is 5.78 Å². The van der Waals surface area contributed by atoms with E-state index in [0.717, 1.165) is 12.1 Å². The van der Waals surface area contributed by atoms with Gasteiger partial charge in [-0.2, -0.15) is 0 Å². The molecular weight excluding hydrogens is 358 g/mol. The molecule has 2 N–H and O–H groups in total. The molecule has 0 saturated carbocycles. The standard InChI is InChI=1S/C19H18F2N2O4/c1-11(24)12-3-6-14(7-4-12)22-17(10-18(25)27-2)19(26)23-16-8-5-13(20)9-15(16)21/h3-9,17,22H,10H2,1-2H3,(H,23,26). The number of ketones is 1. The molecule has 0 fully saturated rings. The fourth-order valence-corrected chi connectivity index (χ4v) is 2.27. The van der Waals surface area contributed by atoms with Crippen molar-refractivity contribution in [2.24, 2.45) is 0 Å². The topological polar surface area (TPSA) is 84.5 Å². The summed E-state index contributed by atoms with van der Waals surface area (Å²) in [6.45, 7) is 1.42. The van der Waals surface area contributed by atoms with Crippen LogP contribution < -0.4 is 10.6 Å². The molecular formula is C19H18F2N2O4. The number of Topliss-reactive ketones (excluding diaryl/α,β-unsaturated/α-hetero) is 1. The third-order valence-electron chi connectivity index (χ3n) is 3.74. The Morgan fingerprint density at radius 2 is 1.74 bits per heavy atom. The fourth-order valence-electron chi connectivity index (χ4n) is 2.27. The van der Waals surface area contributed by atoms with E-state index in [2.05, 4.69) is 15.4 Å². The number of hydrogen-bond donors (Lipinski definition) is 2. The predicted molar refractivity (Wildman–Crippen MR) is 95.5 cm³/mol. The number of carbonyl (C=O) groups excluding carboxylic acids is 3. The van der Waals surface area contributed by atoms with Crippen LogP contribution in [0.25, 0.3) is 0 Å². The lowest BCUT2D eigenvalue weighted by molar-refractivity contribution is -0.142. The number of carbonyl (C=O) groups is 3. The number of ether oxygens (including phenoxy) is 1. The van der Waals surface area contributed by atoms with Crippen LogP contribution in [0.5, 0.6) is 0 Å². The summed E-state index contributed by atoms with van der Waals surface area (Å²) < 4.78 is 31.3. The zero-order valence-electron chi connectivity index (χ0n) is 14.7. The maximum Gasteiger partial charge on any atom is 0.308 e. The van der Waals surface area contributed by atoms with Crippen LogP contribution in [0.4, 0.5) is 20.2 Å². The molecule has 2 aromatic rings. The van der Waals surface area contributed by atoms with Crippen molar-refractivity contribution in [3.8, 4) is 0 Å². The molecule has 1 amide bonds. The molecule has 0 bridgehead atoms. The maximum atomic E-state index is 13.8. The van der Waals surface area contributed by atoms with Gasteiger partial charge in [0.1, 0.15) is 17.7 Å². The summed E-state index contributed by atoms with van der Waals surface area (Å²) >= 11 is 0. The molecule has 1 unspecified atom stereocenters. The van der Waals surface area contributed by atoms with Crippen molar-refractivity contribution < 1.29 is 27.9 Å². The largest absolute Gasteiger partial charge is 0.469 e. The Labute approximate surface area is 154 Å². The number of methoxy groups -OCH3 is 1. The highest BCUT2D eigenvalue weighted by atomic mass is 19.1. The fraction of sp³-hybridized carbons (Fsp3) is 0.211. The van der Waals surface area contributed by atoms with Crippen LogP contribution in [0.1, 0.15) is 23.7 Å². The number of hydrogen-bond acceptors (Lipinski definition) is 5. The molecule has 0 heterocycles. The molecule has 0 aliphatic heterocycles. The molecule has 2 aromatic carbocycles. The van der Waals surface area contributed by atoms with Gasteiger partial charge in [-0.15, -0.1) is 0 Å². The number of rotatable bonds is 7. The lowest BCUT2D eigenvalue weighted by Crippen LogP contribution is -2.37. The number of nitrogens with one attached hydrogen (secondary N) is 2. The van der Waals surface area contributed by atoms with E-state index in [9.17, 15) is 23.2 Å². The van der Waals surface area contributed by atoms with E-state index in [1.54, 1.807) is 24.3 Å². The van der Waals surface area contributed by atoms with E-state index in [-0.39, 0.29) is 17.9 Å². The highest BCUT2D eigenvalue weighted by Crippen LogP contribution is 2.17. The highest BCUT2D eigenvalue weighted by molar-refractivity contribution is 5.99. The lowest BCUT2D eigenvalue weighted by atomic mass is 10.1. The molecule has 8 heteroatoms. The Bertz CT molecular complexity index is 853. The summed E-state index contributed by atoms with van der Waals surface area (Å²) in [4.78, 5) is 35.4. The summed E-state index contributed by atoms with van der Waals surface area (Å²) in [5.74, 6) is -3.19. The number of anilines is 2. The molecule has 27 heavy (non-hydrogen) atoms. The molecule has 1 atom stereocenters. The van der Waals surface area contributed by atoms with E-state index < -0.39 is 29.6 Å². The minimum absolute atomic E-state index is 0.114. The van der Waals surface area contributed by atoms with Gasteiger partial charge >= 0.3 is 5.97 Å². The number of halogens is 2. The summed E-state index contributed by atoms with van der Waals surface area (Å²) in [7, 11) is 1.18. The SMILES string of the molecule is COC(=O)CC(Nc1ccc(C(C)=O)cc1)C(=O)Nc1ccc(F)cc1F. The minimum atomic E-state index is -1.08. The normalized spacial score (nSPS) is 11.4. The first-order valence-electron chi connectivity index (χ1n) is 8.00. The minimum Gasteiger partial charge on any atom is -0.469 e. The van der Waals surface area contributed by atoms with Crippen LogP contribution >= 0.6 is 0 Å². The Morgan fingerprint density at radius 3 is 2.30 bits per heavy atom. The van der Waals surface area contributed by atoms with Crippen molar-refractivity contribution in [1.29, 1.82) is 0 Å². The van der Waals surface area contributed by atoms with E-state index in [0.29, 0.717) is 17.3 Å². The van der Waals surface area contributed by atoms with Gasteiger partial charge in [0.2, 0.25) is 5.91 Å². The Kier molecular flexibility index (Phi) is 6.59. The van der Waals surface area contributed by atoms with Crippen LogP contribution in [0, 0.1) is 11.6 Å². The van der Waals surface area contributed by atoms with Crippen LogP contribution in [0.2, 0.25) is 0 Å². The van der Waals surface area contributed by atoms with Crippen molar-refractivity contribution in [3.63, 3.8) is 0 Å².